The number of rotatable bonds is 8. The van der Waals surface area contributed by atoms with Gasteiger partial charge in [0.25, 0.3) is 5.91 Å². The van der Waals surface area contributed by atoms with Crippen LogP contribution in [0.25, 0.3) is 5.65 Å². The van der Waals surface area contributed by atoms with Crippen molar-refractivity contribution in [3.8, 4) is 0 Å². The number of esters is 1. The van der Waals surface area contributed by atoms with Gasteiger partial charge in [-0.15, -0.1) is 0 Å². The van der Waals surface area contributed by atoms with Gasteiger partial charge in [0.05, 0.1) is 12.8 Å². The number of nitrogens with one attached hydrogen (secondary N) is 1. The molecule has 1 aliphatic heterocycles. The Hall–Kier alpha value is -4.20. The maximum Gasteiger partial charge on any atom is 0.343 e. The van der Waals surface area contributed by atoms with E-state index in [-0.39, 0.29) is 18.1 Å². The van der Waals surface area contributed by atoms with Crippen LogP contribution in [-0.4, -0.2) is 57.6 Å². The number of hydrogen-bond acceptors (Lipinski definition) is 6. The van der Waals surface area contributed by atoms with Crippen LogP contribution in [0.15, 0.2) is 73.1 Å². The maximum atomic E-state index is 13.7. The van der Waals surface area contributed by atoms with Crippen molar-refractivity contribution >= 4 is 23.3 Å². The van der Waals surface area contributed by atoms with Crippen LogP contribution in [0.3, 0.4) is 0 Å². The number of anilines is 1. The molecule has 1 amide bonds. The average molecular weight is 498 g/mol. The number of benzene rings is 2. The zero-order valence-corrected chi connectivity index (χ0v) is 21.0. The molecule has 0 unspecified atom stereocenters. The Morgan fingerprint density at radius 2 is 1.68 bits per heavy atom. The van der Waals surface area contributed by atoms with Crippen molar-refractivity contribution in [1.29, 1.82) is 0 Å². The lowest BCUT2D eigenvalue weighted by molar-refractivity contribution is 0.0528. The van der Waals surface area contributed by atoms with Gasteiger partial charge in [-0.2, -0.15) is 9.61 Å². The van der Waals surface area contributed by atoms with Crippen molar-refractivity contribution < 1.29 is 14.3 Å². The summed E-state index contributed by atoms with van der Waals surface area (Å²) >= 11 is 0. The molecule has 0 bridgehead atoms. The number of carbonyl (C=O) groups is 2. The molecular formula is C29H31N5O3. The van der Waals surface area contributed by atoms with Crippen molar-refractivity contribution in [2.24, 2.45) is 0 Å². The van der Waals surface area contributed by atoms with Crippen LogP contribution in [-0.2, 0) is 11.2 Å². The van der Waals surface area contributed by atoms with Gasteiger partial charge in [-0.25, -0.2) is 9.78 Å². The lowest BCUT2D eigenvalue weighted by Crippen LogP contribution is -2.38. The van der Waals surface area contributed by atoms with Gasteiger partial charge in [-0.05, 0) is 43.2 Å². The minimum Gasteiger partial charge on any atom is -0.462 e. The third-order valence-electron chi connectivity index (χ3n) is 6.85. The fourth-order valence-corrected chi connectivity index (χ4v) is 4.89. The fourth-order valence-electron chi connectivity index (χ4n) is 4.89. The number of likely N-dealkylation sites (tertiary alicyclic amines) is 1. The van der Waals surface area contributed by atoms with Crippen molar-refractivity contribution in [2.75, 3.05) is 31.6 Å². The summed E-state index contributed by atoms with van der Waals surface area (Å²) in [6, 6.07) is 20.6. The monoisotopic (exact) mass is 497 g/mol. The van der Waals surface area contributed by atoms with E-state index in [1.54, 1.807) is 17.6 Å². The van der Waals surface area contributed by atoms with Crippen LogP contribution in [0.1, 0.15) is 57.5 Å². The quantitative estimate of drug-likeness (QED) is 0.359. The van der Waals surface area contributed by atoms with E-state index in [4.69, 9.17) is 4.74 Å². The molecule has 1 fully saturated rings. The Balaban J connectivity index is 1.39. The zero-order chi connectivity index (χ0) is 25.6. The molecule has 0 radical (unpaired) electrons. The minimum absolute atomic E-state index is 0.0868. The molecule has 37 heavy (non-hydrogen) atoms. The van der Waals surface area contributed by atoms with Gasteiger partial charge >= 0.3 is 5.97 Å². The first kappa shape index (κ1) is 24.5. The number of carbonyl (C=O) groups excluding carboxylic acids is 2. The Labute approximate surface area is 216 Å². The van der Waals surface area contributed by atoms with Crippen LogP contribution in [0.2, 0.25) is 0 Å². The molecule has 2 aromatic heterocycles. The summed E-state index contributed by atoms with van der Waals surface area (Å²) in [6.07, 6.45) is 5.60. The molecule has 8 heteroatoms. The Morgan fingerprint density at radius 3 is 2.38 bits per heavy atom. The molecule has 5 rings (SSSR count). The summed E-state index contributed by atoms with van der Waals surface area (Å²) < 4.78 is 6.71. The summed E-state index contributed by atoms with van der Waals surface area (Å²) in [5.41, 5.74) is 3.58. The highest BCUT2D eigenvalue weighted by molar-refractivity contribution is 6.00. The molecule has 0 spiro atoms. The number of fused-ring (bicyclic) bond motifs is 1. The third kappa shape index (κ3) is 5.33. The molecule has 0 aliphatic carbocycles. The molecule has 4 aromatic rings. The number of ether oxygens (including phenoxy) is 1. The smallest absolute Gasteiger partial charge is 0.343 e. The molecule has 190 valence electrons. The first-order valence-corrected chi connectivity index (χ1v) is 12.8. The third-order valence-corrected chi connectivity index (χ3v) is 6.85. The predicted octanol–water partition coefficient (Wildman–Crippen LogP) is 4.58. The molecule has 3 heterocycles. The van der Waals surface area contributed by atoms with E-state index >= 15 is 0 Å². The second kappa shape index (κ2) is 11.2. The molecule has 0 saturated carbocycles. The van der Waals surface area contributed by atoms with Gasteiger partial charge in [-0.1, -0.05) is 60.7 Å². The summed E-state index contributed by atoms with van der Waals surface area (Å²) in [4.78, 5) is 32.5. The maximum absolute atomic E-state index is 13.7. The molecule has 0 atom stereocenters. The number of piperidine rings is 1. The Kier molecular flexibility index (Phi) is 7.44. The fraction of sp³-hybridized carbons (Fsp3) is 0.310. The lowest BCUT2D eigenvalue weighted by atomic mass is 9.89. The zero-order valence-electron chi connectivity index (χ0n) is 21.0. The van der Waals surface area contributed by atoms with Crippen molar-refractivity contribution in [1.82, 2.24) is 19.5 Å². The standard InChI is InChI=1S/C29H31N5O3/c1-2-37-29(36)25-20-32-34-26(30-16-13-21-9-5-3-6-10-21)24(19-31-27(25)34)28(35)33-17-14-23(15-18-33)22-11-7-4-8-12-22/h3-12,19-20,23,30H,2,13-18H2,1H3. The number of amides is 1. The predicted molar refractivity (Wildman–Crippen MR) is 142 cm³/mol. The van der Waals surface area contributed by atoms with Gasteiger partial charge < -0.3 is 15.0 Å². The van der Waals surface area contributed by atoms with Gasteiger partial charge in [0.15, 0.2) is 5.65 Å². The van der Waals surface area contributed by atoms with Crippen molar-refractivity contribution in [2.45, 2.75) is 32.1 Å². The van der Waals surface area contributed by atoms with Gasteiger partial charge in [0.2, 0.25) is 0 Å². The molecule has 1 saturated heterocycles. The van der Waals surface area contributed by atoms with Gasteiger partial charge in [-0.3, -0.25) is 4.79 Å². The lowest BCUT2D eigenvalue weighted by Gasteiger charge is -2.32. The number of aromatic nitrogens is 3. The van der Waals surface area contributed by atoms with Crippen LogP contribution in [0.5, 0.6) is 0 Å². The van der Waals surface area contributed by atoms with Crippen molar-refractivity contribution in [3.63, 3.8) is 0 Å². The van der Waals surface area contributed by atoms with Gasteiger partial charge in [0.1, 0.15) is 16.9 Å². The highest BCUT2D eigenvalue weighted by Gasteiger charge is 2.28. The van der Waals surface area contributed by atoms with Crippen LogP contribution in [0.4, 0.5) is 5.82 Å². The van der Waals surface area contributed by atoms with Crippen LogP contribution < -0.4 is 5.32 Å². The Bertz CT molecular complexity index is 1360. The van der Waals surface area contributed by atoms with Crippen molar-refractivity contribution in [3.05, 3.63) is 95.3 Å². The Morgan fingerprint density at radius 1 is 0.973 bits per heavy atom. The summed E-state index contributed by atoms with van der Waals surface area (Å²) in [5, 5.41) is 7.81. The van der Waals surface area contributed by atoms with E-state index in [0.29, 0.717) is 42.6 Å². The SMILES string of the molecule is CCOC(=O)c1cnn2c(NCCc3ccccc3)c(C(=O)N3CCC(c4ccccc4)CC3)cnc12. The second-order valence-corrected chi connectivity index (χ2v) is 9.17. The molecular weight excluding hydrogens is 466 g/mol. The van der Waals surface area contributed by atoms with Gasteiger partial charge in [0, 0.05) is 25.8 Å². The van der Waals surface area contributed by atoms with E-state index in [1.807, 2.05) is 29.2 Å². The summed E-state index contributed by atoms with van der Waals surface area (Å²) in [6.45, 7) is 3.95. The topological polar surface area (TPSA) is 88.8 Å². The van der Waals surface area contributed by atoms with E-state index in [0.717, 1.165) is 19.3 Å². The molecule has 2 aromatic carbocycles. The largest absolute Gasteiger partial charge is 0.462 e. The van der Waals surface area contributed by atoms with Crippen LogP contribution in [0, 0.1) is 0 Å². The summed E-state index contributed by atoms with van der Waals surface area (Å²) in [7, 11) is 0. The van der Waals surface area contributed by atoms with E-state index in [1.165, 1.54) is 17.3 Å². The minimum atomic E-state index is -0.484. The first-order chi connectivity index (χ1) is 18.2. The first-order valence-electron chi connectivity index (χ1n) is 12.8. The van der Waals surface area contributed by atoms with Crippen LogP contribution >= 0.6 is 0 Å². The summed E-state index contributed by atoms with van der Waals surface area (Å²) in [5.74, 6) is 0.415. The second-order valence-electron chi connectivity index (χ2n) is 9.17. The highest BCUT2D eigenvalue weighted by Crippen LogP contribution is 2.29. The molecule has 1 aliphatic rings. The highest BCUT2D eigenvalue weighted by atomic mass is 16.5. The molecule has 8 nitrogen and oxygen atoms in total. The van der Waals surface area contributed by atoms with E-state index < -0.39 is 5.97 Å². The van der Waals surface area contributed by atoms with E-state index in [9.17, 15) is 9.59 Å². The molecule has 1 N–H and O–H groups in total. The number of hydrogen-bond donors (Lipinski definition) is 1. The average Bonchev–Trinajstić information content (AvgIpc) is 3.39. The normalized spacial score (nSPS) is 14.0. The number of nitrogens with zero attached hydrogens (tertiary/aromatic N) is 4. The van der Waals surface area contributed by atoms with E-state index in [2.05, 4.69) is 51.8 Å².